The van der Waals surface area contributed by atoms with Gasteiger partial charge in [0.05, 0.1) is 6.61 Å². The van der Waals surface area contributed by atoms with Crippen molar-refractivity contribution in [1.82, 2.24) is 15.3 Å². The summed E-state index contributed by atoms with van der Waals surface area (Å²) in [4.78, 5) is 0. The van der Waals surface area contributed by atoms with E-state index in [4.69, 9.17) is 27.7 Å². The summed E-state index contributed by atoms with van der Waals surface area (Å²) < 4.78 is 17.2. The average Bonchev–Trinajstić information content (AvgIpc) is 2.19. The number of halogens is 2. The van der Waals surface area contributed by atoms with Crippen molar-refractivity contribution in [1.29, 1.82) is 0 Å². The van der Waals surface area contributed by atoms with Crippen LogP contribution in [-0.2, 0) is 9.09 Å². The van der Waals surface area contributed by atoms with E-state index in [0.717, 1.165) is 6.42 Å². The molecule has 15 heavy (non-hydrogen) atoms. The third-order valence-electron chi connectivity index (χ3n) is 1.90. The maximum atomic E-state index is 12.0. The third kappa shape index (κ3) is 5.00. The molecule has 0 saturated carbocycles. The normalized spacial score (nSPS) is 27.1. The van der Waals surface area contributed by atoms with Crippen LogP contribution < -0.4 is 10.3 Å². The predicted molar refractivity (Wildman–Crippen MR) is 62.3 cm³/mol. The quantitative estimate of drug-likeness (QED) is 0.436. The van der Waals surface area contributed by atoms with Crippen LogP contribution in [0.3, 0.4) is 0 Å². The van der Waals surface area contributed by atoms with Crippen molar-refractivity contribution >= 4 is 30.9 Å². The lowest BCUT2D eigenvalue weighted by Gasteiger charge is -2.30. The summed E-state index contributed by atoms with van der Waals surface area (Å²) in [5.74, 6) is 0.897. The molecule has 0 bridgehead atoms. The van der Waals surface area contributed by atoms with Crippen molar-refractivity contribution in [3.8, 4) is 0 Å². The Morgan fingerprint density at radius 2 is 2.07 bits per heavy atom. The van der Waals surface area contributed by atoms with Crippen molar-refractivity contribution in [2.75, 3.05) is 38.0 Å². The zero-order chi connectivity index (χ0) is 11.1. The largest absolute Gasteiger partial charge is 0.354 e. The van der Waals surface area contributed by atoms with Gasteiger partial charge in [0.1, 0.15) is 0 Å². The SMILES string of the molecule is O=P1(NN(CCCl)CCCl)NCCCO1. The van der Waals surface area contributed by atoms with Crippen LogP contribution >= 0.6 is 30.9 Å². The van der Waals surface area contributed by atoms with E-state index in [0.29, 0.717) is 38.0 Å². The first-order valence-corrected chi connectivity index (χ1v) is 7.54. The molecule has 90 valence electrons. The van der Waals surface area contributed by atoms with Gasteiger partial charge >= 0.3 is 7.67 Å². The van der Waals surface area contributed by atoms with Crippen LogP contribution in [0.1, 0.15) is 6.42 Å². The minimum atomic E-state index is -2.92. The molecule has 1 unspecified atom stereocenters. The minimum absolute atomic E-state index is 0.448. The van der Waals surface area contributed by atoms with E-state index >= 15 is 0 Å². The van der Waals surface area contributed by atoms with Crippen LogP contribution in [0.5, 0.6) is 0 Å². The molecule has 0 radical (unpaired) electrons. The molecule has 1 fully saturated rings. The highest BCUT2D eigenvalue weighted by molar-refractivity contribution is 7.54. The molecule has 1 saturated heterocycles. The first-order valence-electron chi connectivity index (χ1n) is 4.85. The second-order valence-corrected chi connectivity index (χ2v) is 5.74. The van der Waals surface area contributed by atoms with E-state index in [-0.39, 0.29) is 0 Å². The Kier molecular flexibility index (Phi) is 6.46. The lowest BCUT2D eigenvalue weighted by molar-refractivity contribution is 0.209. The Labute approximate surface area is 100.0 Å². The highest BCUT2D eigenvalue weighted by Crippen LogP contribution is 2.39. The van der Waals surface area contributed by atoms with Gasteiger partial charge in [0.25, 0.3) is 0 Å². The lowest BCUT2D eigenvalue weighted by atomic mass is 10.5. The molecule has 2 N–H and O–H groups in total. The number of hydrogen-bond donors (Lipinski definition) is 2. The van der Waals surface area contributed by atoms with Crippen LogP contribution in [-0.4, -0.2) is 43.0 Å². The zero-order valence-electron chi connectivity index (χ0n) is 8.42. The van der Waals surface area contributed by atoms with Gasteiger partial charge in [-0.05, 0) is 6.42 Å². The number of nitrogens with zero attached hydrogens (tertiary/aromatic N) is 1. The fourth-order valence-corrected chi connectivity index (χ4v) is 3.24. The molecule has 0 amide bonds. The molecule has 0 aromatic heterocycles. The molecule has 0 aromatic rings. The molecule has 8 heteroatoms. The summed E-state index contributed by atoms with van der Waals surface area (Å²) in [6, 6.07) is 0. The second-order valence-electron chi connectivity index (χ2n) is 3.11. The summed E-state index contributed by atoms with van der Waals surface area (Å²) in [6.07, 6.45) is 0.872. The molecule has 1 heterocycles. The molecule has 0 aliphatic carbocycles. The first-order chi connectivity index (χ1) is 7.20. The van der Waals surface area contributed by atoms with Crippen molar-refractivity contribution in [2.45, 2.75) is 6.42 Å². The highest BCUT2D eigenvalue weighted by atomic mass is 35.5. The Morgan fingerprint density at radius 1 is 1.40 bits per heavy atom. The van der Waals surface area contributed by atoms with Crippen LogP contribution in [0, 0.1) is 0 Å². The molecule has 0 spiro atoms. The van der Waals surface area contributed by atoms with E-state index < -0.39 is 7.67 Å². The lowest BCUT2D eigenvalue weighted by Crippen LogP contribution is -2.43. The topological polar surface area (TPSA) is 53.6 Å². The van der Waals surface area contributed by atoms with Gasteiger partial charge in [-0.15, -0.1) is 23.2 Å². The molecule has 1 aliphatic rings. The number of alkyl halides is 2. The van der Waals surface area contributed by atoms with Crippen LogP contribution in [0.15, 0.2) is 0 Å². The van der Waals surface area contributed by atoms with E-state index in [9.17, 15) is 4.57 Å². The molecule has 5 nitrogen and oxygen atoms in total. The second kappa shape index (κ2) is 7.07. The van der Waals surface area contributed by atoms with Crippen molar-refractivity contribution in [3.05, 3.63) is 0 Å². The van der Waals surface area contributed by atoms with Gasteiger partial charge in [-0.25, -0.2) is 10.1 Å². The average molecular weight is 276 g/mol. The molecular formula is C7H16Cl2N3O2P. The highest BCUT2D eigenvalue weighted by Gasteiger charge is 2.27. The summed E-state index contributed by atoms with van der Waals surface area (Å²) >= 11 is 11.2. The van der Waals surface area contributed by atoms with Crippen LogP contribution in [0.2, 0.25) is 0 Å². The van der Waals surface area contributed by atoms with E-state index in [2.05, 4.69) is 10.3 Å². The zero-order valence-corrected chi connectivity index (χ0v) is 10.8. The smallest absolute Gasteiger partial charge is 0.305 e. The monoisotopic (exact) mass is 275 g/mol. The Bertz CT molecular complexity index is 216. The molecule has 1 aliphatic heterocycles. The van der Waals surface area contributed by atoms with Gasteiger partial charge in [-0.1, -0.05) is 0 Å². The fraction of sp³-hybridized carbons (Fsp3) is 1.00. The van der Waals surface area contributed by atoms with Crippen molar-refractivity contribution in [2.24, 2.45) is 0 Å². The van der Waals surface area contributed by atoms with Crippen molar-refractivity contribution < 1.29 is 9.09 Å². The number of nitrogens with one attached hydrogen (secondary N) is 2. The van der Waals surface area contributed by atoms with Gasteiger partial charge in [-0.3, -0.25) is 4.57 Å². The van der Waals surface area contributed by atoms with Gasteiger partial charge in [0.2, 0.25) is 0 Å². The Hall–Kier alpha value is 0.650. The maximum Gasteiger partial charge on any atom is 0.354 e. The van der Waals surface area contributed by atoms with Gasteiger partial charge in [0, 0.05) is 31.4 Å². The molecule has 1 rings (SSSR count). The fourth-order valence-electron chi connectivity index (χ4n) is 1.20. The number of hydrogen-bond acceptors (Lipinski definition) is 3. The summed E-state index contributed by atoms with van der Waals surface area (Å²) in [5.41, 5.74) is 0. The first kappa shape index (κ1) is 13.7. The number of rotatable bonds is 6. The molecule has 1 atom stereocenters. The van der Waals surface area contributed by atoms with E-state index in [1.807, 2.05) is 0 Å². The third-order valence-corrected chi connectivity index (χ3v) is 3.97. The summed E-state index contributed by atoms with van der Waals surface area (Å²) in [5, 5.41) is 7.38. The minimum Gasteiger partial charge on any atom is -0.305 e. The maximum absolute atomic E-state index is 12.0. The van der Waals surface area contributed by atoms with Gasteiger partial charge in [-0.2, -0.15) is 5.20 Å². The van der Waals surface area contributed by atoms with Gasteiger partial charge in [0.15, 0.2) is 0 Å². The van der Waals surface area contributed by atoms with Crippen molar-refractivity contribution in [3.63, 3.8) is 0 Å². The Balaban J connectivity index is 2.43. The van der Waals surface area contributed by atoms with Crippen LogP contribution in [0.4, 0.5) is 0 Å². The Morgan fingerprint density at radius 3 is 2.53 bits per heavy atom. The predicted octanol–water partition coefficient (Wildman–Crippen LogP) is 1.39. The number of hydrazine groups is 1. The van der Waals surface area contributed by atoms with Crippen LogP contribution in [0.25, 0.3) is 0 Å². The van der Waals surface area contributed by atoms with E-state index in [1.165, 1.54) is 0 Å². The molecule has 0 aromatic carbocycles. The summed E-state index contributed by atoms with van der Waals surface area (Å²) in [7, 11) is -2.92. The van der Waals surface area contributed by atoms with Gasteiger partial charge < -0.3 is 4.52 Å². The van der Waals surface area contributed by atoms with E-state index in [1.54, 1.807) is 5.01 Å². The summed E-state index contributed by atoms with van der Waals surface area (Å²) in [6.45, 7) is 2.35. The standard InChI is InChI=1S/C7H16Cl2N3O2P/c8-2-5-12(6-3-9)11-15(13)10-4-1-7-14-15/h1-7H2,(H2,10,11,13). The molecular weight excluding hydrogens is 260 g/mol.